The van der Waals surface area contributed by atoms with Crippen molar-refractivity contribution in [2.45, 2.75) is 40.0 Å². The fourth-order valence-electron chi connectivity index (χ4n) is 3.79. The summed E-state index contributed by atoms with van der Waals surface area (Å²) in [5, 5.41) is 0. The first-order valence-corrected chi connectivity index (χ1v) is 9.27. The average Bonchev–Trinajstić information content (AvgIpc) is 2.80. The number of anilines is 1. The molecule has 1 aromatic rings. The van der Waals surface area contributed by atoms with Gasteiger partial charge in [-0.1, -0.05) is 52.8 Å². The molecule has 2 aliphatic rings. The van der Waals surface area contributed by atoms with E-state index in [1.807, 2.05) is 31.3 Å². The molecule has 0 unspecified atom stereocenters. The molecule has 0 amide bonds. The molecule has 27 heavy (non-hydrogen) atoms. The lowest BCUT2D eigenvalue weighted by molar-refractivity contribution is -0.114. The molecule has 1 aromatic carbocycles. The number of rotatable bonds is 2. The van der Waals surface area contributed by atoms with Crippen LogP contribution in [0.4, 0.5) is 5.69 Å². The van der Waals surface area contributed by atoms with E-state index in [2.05, 4.69) is 57.7 Å². The Kier molecular flexibility index (Phi) is 4.59. The molecule has 0 saturated heterocycles. The molecule has 0 atom stereocenters. The van der Waals surface area contributed by atoms with Crippen molar-refractivity contribution in [1.29, 1.82) is 0 Å². The number of carbonyl (C=O) groups excluding carboxylic acids is 2. The number of hydrogen-bond donors (Lipinski definition) is 0. The predicted molar refractivity (Wildman–Crippen MR) is 111 cm³/mol. The Morgan fingerprint density at radius 1 is 1.04 bits per heavy atom. The molecule has 0 spiro atoms. The zero-order valence-electron chi connectivity index (χ0n) is 17.0. The van der Waals surface area contributed by atoms with Gasteiger partial charge < -0.3 is 4.90 Å². The van der Waals surface area contributed by atoms with E-state index in [0.29, 0.717) is 11.9 Å². The van der Waals surface area contributed by atoms with Crippen LogP contribution in [0, 0.1) is 5.41 Å². The lowest BCUT2D eigenvalue weighted by atomic mass is 9.80. The maximum atomic E-state index is 12.6. The molecule has 140 valence electrons. The molecule has 0 fully saturated rings. The molecule has 3 rings (SSSR count). The van der Waals surface area contributed by atoms with Crippen LogP contribution in [-0.4, -0.2) is 19.1 Å². The van der Waals surface area contributed by atoms with Crippen LogP contribution in [0.15, 0.2) is 71.0 Å². The molecule has 3 nitrogen and oxygen atoms in total. The van der Waals surface area contributed by atoms with Gasteiger partial charge >= 0.3 is 0 Å². The Morgan fingerprint density at radius 3 is 2.30 bits per heavy atom. The lowest BCUT2D eigenvalue weighted by Gasteiger charge is -2.25. The molecule has 3 heteroatoms. The van der Waals surface area contributed by atoms with Gasteiger partial charge in [-0.2, -0.15) is 0 Å². The Bertz CT molecular complexity index is 933. The van der Waals surface area contributed by atoms with E-state index in [1.165, 1.54) is 11.3 Å². The SMILES string of the molecule is CN1C(=CC=C2C=C(C(C)(C)C)C=C(C=O)C2=O)C(C)(C)c2ccccc21. The number of allylic oxidation sites excluding steroid dienone is 8. The van der Waals surface area contributed by atoms with Crippen LogP contribution in [0.3, 0.4) is 0 Å². The van der Waals surface area contributed by atoms with Gasteiger partial charge in [0.05, 0.1) is 5.57 Å². The van der Waals surface area contributed by atoms with E-state index in [0.717, 1.165) is 11.3 Å². The van der Waals surface area contributed by atoms with Gasteiger partial charge in [-0.15, -0.1) is 0 Å². The molecule has 0 radical (unpaired) electrons. The van der Waals surface area contributed by atoms with Crippen molar-refractivity contribution in [3.8, 4) is 0 Å². The minimum Gasteiger partial charge on any atom is -0.347 e. The number of carbonyl (C=O) groups is 2. The fraction of sp³-hybridized carbons (Fsp3) is 0.333. The number of likely N-dealkylation sites (N-methyl/N-ethyl adjacent to an activating group) is 1. The molecule has 1 aliphatic carbocycles. The largest absolute Gasteiger partial charge is 0.347 e. The second kappa shape index (κ2) is 6.49. The van der Waals surface area contributed by atoms with E-state index in [-0.39, 0.29) is 22.2 Å². The number of fused-ring (bicyclic) bond motifs is 1. The summed E-state index contributed by atoms with van der Waals surface area (Å²) in [6.07, 6.45) is 8.13. The Morgan fingerprint density at radius 2 is 1.70 bits per heavy atom. The van der Waals surface area contributed by atoms with Gasteiger partial charge in [0.25, 0.3) is 0 Å². The van der Waals surface area contributed by atoms with Crippen LogP contribution >= 0.6 is 0 Å². The summed E-state index contributed by atoms with van der Waals surface area (Å²) in [4.78, 5) is 26.2. The Hall–Kier alpha value is -2.68. The van der Waals surface area contributed by atoms with Gasteiger partial charge in [-0.3, -0.25) is 9.59 Å². The van der Waals surface area contributed by atoms with Gasteiger partial charge in [0, 0.05) is 29.4 Å². The highest BCUT2D eigenvalue weighted by atomic mass is 16.1. The molecular formula is C24H27NO2. The number of hydrogen-bond acceptors (Lipinski definition) is 3. The highest BCUT2D eigenvalue weighted by Crippen LogP contribution is 2.46. The fourth-order valence-corrected chi connectivity index (χ4v) is 3.79. The molecule has 0 N–H and O–H groups in total. The minimum atomic E-state index is -0.217. The normalized spacial score (nSPS) is 22.0. The Balaban J connectivity index is 2.07. The number of Topliss-reactive ketones (excluding diaryl/α,β-unsaturated/α-hetero) is 1. The molecule has 0 saturated carbocycles. The van der Waals surface area contributed by atoms with Crippen LogP contribution < -0.4 is 4.90 Å². The maximum absolute atomic E-state index is 12.6. The van der Waals surface area contributed by atoms with Crippen molar-refractivity contribution in [3.05, 3.63) is 76.5 Å². The molecule has 1 heterocycles. The van der Waals surface area contributed by atoms with Crippen LogP contribution in [0.2, 0.25) is 0 Å². The number of nitrogens with zero attached hydrogens (tertiary/aromatic N) is 1. The second-order valence-electron chi connectivity index (χ2n) is 8.77. The van der Waals surface area contributed by atoms with Crippen LogP contribution in [-0.2, 0) is 15.0 Å². The first kappa shape index (κ1) is 19.1. The topological polar surface area (TPSA) is 37.4 Å². The third-order valence-corrected chi connectivity index (χ3v) is 5.50. The van der Waals surface area contributed by atoms with E-state index in [1.54, 1.807) is 6.08 Å². The standard InChI is InChI=1S/C24H27NO2/c1-23(2,3)18-13-16(22(27)17(14-18)15-26)11-12-21-24(4,5)19-9-7-8-10-20(19)25(21)6/h7-15H,1-6H3. The molecule has 0 bridgehead atoms. The quantitative estimate of drug-likeness (QED) is 0.427. The first-order valence-electron chi connectivity index (χ1n) is 9.27. The molecular weight excluding hydrogens is 334 g/mol. The summed E-state index contributed by atoms with van der Waals surface area (Å²) >= 11 is 0. The number of aldehydes is 1. The number of para-hydroxylation sites is 1. The number of benzene rings is 1. The number of ketones is 1. The van der Waals surface area contributed by atoms with Gasteiger partial charge in [-0.25, -0.2) is 0 Å². The third kappa shape index (κ3) is 3.23. The summed E-state index contributed by atoms with van der Waals surface area (Å²) in [6, 6.07) is 8.36. The monoisotopic (exact) mass is 361 g/mol. The summed E-state index contributed by atoms with van der Waals surface area (Å²) < 4.78 is 0. The second-order valence-corrected chi connectivity index (χ2v) is 8.77. The van der Waals surface area contributed by atoms with Crippen molar-refractivity contribution in [2.75, 3.05) is 11.9 Å². The van der Waals surface area contributed by atoms with Crippen molar-refractivity contribution in [1.82, 2.24) is 0 Å². The van der Waals surface area contributed by atoms with Crippen LogP contribution in [0.25, 0.3) is 0 Å². The Labute approximate surface area is 161 Å². The van der Waals surface area contributed by atoms with Crippen molar-refractivity contribution < 1.29 is 9.59 Å². The van der Waals surface area contributed by atoms with Gasteiger partial charge in [0.2, 0.25) is 0 Å². The lowest BCUT2D eigenvalue weighted by Crippen LogP contribution is -2.23. The van der Waals surface area contributed by atoms with Crippen molar-refractivity contribution >= 4 is 17.8 Å². The molecule has 0 aromatic heterocycles. The van der Waals surface area contributed by atoms with Crippen molar-refractivity contribution in [2.24, 2.45) is 5.41 Å². The first-order chi connectivity index (χ1) is 12.6. The minimum absolute atomic E-state index is 0.138. The third-order valence-electron chi connectivity index (χ3n) is 5.50. The maximum Gasteiger partial charge on any atom is 0.196 e. The van der Waals surface area contributed by atoms with Crippen molar-refractivity contribution in [3.63, 3.8) is 0 Å². The van der Waals surface area contributed by atoms with E-state index >= 15 is 0 Å². The van der Waals surface area contributed by atoms with Gasteiger partial charge in [-0.05, 0) is 46.9 Å². The van der Waals surface area contributed by atoms with E-state index in [9.17, 15) is 9.59 Å². The summed E-state index contributed by atoms with van der Waals surface area (Å²) in [7, 11) is 2.05. The summed E-state index contributed by atoms with van der Waals surface area (Å²) in [5.74, 6) is -0.217. The van der Waals surface area contributed by atoms with Crippen LogP contribution in [0.5, 0.6) is 0 Å². The smallest absolute Gasteiger partial charge is 0.196 e. The highest BCUT2D eigenvalue weighted by molar-refractivity contribution is 6.22. The predicted octanol–water partition coefficient (Wildman–Crippen LogP) is 4.90. The van der Waals surface area contributed by atoms with Crippen LogP contribution in [0.1, 0.15) is 40.2 Å². The average molecular weight is 361 g/mol. The zero-order chi connectivity index (χ0) is 20.0. The highest BCUT2D eigenvalue weighted by Gasteiger charge is 2.37. The molecule has 1 aliphatic heterocycles. The van der Waals surface area contributed by atoms with E-state index < -0.39 is 0 Å². The van der Waals surface area contributed by atoms with E-state index in [4.69, 9.17) is 0 Å². The zero-order valence-corrected chi connectivity index (χ0v) is 17.0. The van der Waals surface area contributed by atoms with Gasteiger partial charge in [0.15, 0.2) is 12.1 Å². The summed E-state index contributed by atoms with van der Waals surface area (Å²) in [5.41, 5.74) is 5.04. The van der Waals surface area contributed by atoms with Gasteiger partial charge in [0.1, 0.15) is 0 Å². The summed E-state index contributed by atoms with van der Waals surface area (Å²) in [6.45, 7) is 10.6.